The summed E-state index contributed by atoms with van der Waals surface area (Å²) in [4.78, 5) is 4.57. The lowest BCUT2D eigenvalue weighted by atomic mass is 10.1. The summed E-state index contributed by atoms with van der Waals surface area (Å²) in [5.41, 5.74) is 0. The van der Waals surface area contributed by atoms with Gasteiger partial charge in [-0.05, 0) is 12.8 Å². The van der Waals surface area contributed by atoms with Crippen LogP contribution in [0.2, 0.25) is 5.15 Å². The summed E-state index contributed by atoms with van der Waals surface area (Å²) in [6.45, 7) is 0.503. The van der Waals surface area contributed by atoms with Gasteiger partial charge >= 0.3 is 0 Å². The van der Waals surface area contributed by atoms with Crippen molar-refractivity contribution in [1.29, 1.82) is 0 Å². The van der Waals surface area contributed by atoms with E-state index in [-0.39, 0.29) is 16.7 Å². The molecular weight excluding hydrogens is 310 g/mol. The zero-order chi connectivity index (χ0) is 13.6. The molecule has 1 N–H and O–H groups in total. The number of hydrogen-bond acceptors (Lipinski definition) is 5. The molecule has 0 saturated carbocycles. The monoisotopic (exact) mass is 321 g/mol. The molecule has 1 aliphatic rings. The predicted octanol–water partition coefficient (Wildman–Crippen LogP) is 1.19. The van der Waals surface area contributed by atoms with E-state index >= 15 is 0 Å². The van der Waals surface area contributed by atoms with E-state index in [1.807, 2.05) is 0 Å². The number of sulfonamides is 1. The highest BCUT2D eigenvalue weighted by atomic mass is 35.5. The van der Waals surface area contributed by atoms with E-state index in [0.717, 1.165) is 0 Å². The van der Waals surface area contributed by atoms with Gasteiger partial charge < -0.3 is 5.11 Å². The van der Waals surface area contributed by atoms with Gasteiger partial charge in [0.2, 0.25) is 0 Å². The third-order valence-corrected chi connectivity index (χ3v) is 6.14. The summed E-state index contributed by atoms with van der Waals surface area (Å²) < 4.78 is 27.9. The van der Waals surface area contributed by atoms with Crippen molar-refractivity contribution in [1.82, 2.24) is 13.7 Å². The smallest absolute Gasteiger partial charge is 0.262 e. The second-order valence-corrected chi connectivity index (χ2v) is 7.51. The third kappa shape index (κ3) is 2.17. The Morgan fingerprint density at radius 2 is 2.32 bits per heavy atom. The molecule has 1 unspecified atom stereocenters. The van der Waals surface area contributed by atoms with Crippen LogP contribution in [0.1, 0.15) is 12.8 Å². The Morgan fingerprint density at radius 3 is 3.05 bits per heavy atom. The number of halogens is 1. The predicted molar refractivity (Wildman–Crippen MR) is 72.1 cm³/mol. The van der Waals surface area contributed by atoms with Crippen LogP contribution in [0.25, 0.3) is 4.96 Å². The van der Waals surface area contributed by atoms with E-state index in [1.54, 1.807) is 11.6 Å². The van der Waals surface area contributed by atoms with Crippen molar-refractivity contribution in [3.05, 3.63) is 16.7 Å². The van der Waals surface area contributed by atoms with Crippen molar-refractivity contribution in [3.63, 3.8) is 0 Å². The molecule has 2 aromatic heterocycles. The van der Waals surface area contributed by atoms with Crippen LogP contribution in [0.15, 0.2) is 16.6 Å². The average Bonchev–Trinajstić information content (AvgIpc) is 2.88. The molecule has 1 atom stereocenters. The molecule has 0 spiro atoms. The molecule has 0 aromatic carbocycles. The molecule has 0 aliphatic carbocycles. The van der Waals surface area contributed by atoms with Crippen LogP contribution in [-0.2, 0) is 10.0 Å². The van der Waals surface area contributed by atoms with E-state index in [9.17, 15) is 13.5 Å². The minimum absolute atomic E-state index is 0.0143. The first kappa shape index (κ1) is 13.3. The van der Waals surface area contributed by atoms with E-state index < -0.39 is 16.1 Å². The van der Waals surface area contributed by atoms with Crippen molar-refractivity contribution in [2.75, 3.05) is 13.1 Å². The molecule has 9 heteroatoms. The highest BCUT2D eigenvalue weighted by Gasteiger charge is 2.34. The Kier molecular flexibility index (Phi) is 3.30. The lowest BCUT2D eigenvalue weighted by Crippen LogP contribution is -2.42. The van der Waals surface area contributed by atoms with Crippen LogP contribution in [-0.4, -0.2) is 46.4 Å². The fourth-order valence-corrected chi connectivity index (χ4v) is 5.15. The molecule has 0 radical (unpaired) electrons. The summed E-state index contributed by atoms with van der Waals surface area (Å²) in [7, 11) is -3.73. The minimum atomic E-state index is -3.73. The Morgan fingerprint density at radius 1 is 1.53 bits per heavy atom. The molecule has 1 saturated heterocycles. The second kappa shape index (κ2) is 4.71. The van der Waals surface area contributed by atoms with Gasteiger partial charge in [0, 0.05) is 24.7 Å². The SMILES string of the molecule is O=S(=O)(c1c(Cl)nc2sccn12)N1CCCC(O)C1. The van der Waals surface area contributed by atoms with E-state index in [4.69, 9.17) is 11.6 Å². The van der Waals surface area contributed by atoms with Gasteiger partial charge in [-0.1, -0.05) is 11.6 Å². The van der Waals surface area contributed by atoms with E-state index in [1.165, 1.54) is 20.0 Å². The molecule has 0 bridgehead atoms. The minimum Gasteiger partial charge on any atom is -0.392 e. The van der Waals surface area contributed by atoms with Gasteiger partial charge in [-0.2, -0.15) is 4.31 Å². The van der Waals surface area contributed by atoms with Crippen LogP contribution < -0.4 is 0 Å². The van der Waals surface area contributed by atoms with Gasteiger partial charge in [0.1, 0.15) is 0 Å². The Balaban J connectivity index is 2.08. The normalized spacial score (nSPS) is 22.1. The van der Waals surface area contributed by atoms with Gasteiger partial charge in [-0.25, -0.2) is 13.4 Å². The maximum absolute atomic E-state index is 12.6. The number of thiazole rings is 1. The van der Waals surface area contributed by atoms with E-state index in [0.29, 0.717) is 24.3 Å². The molecule has 1 fully saturated rings. The first-order valence-corrected chi connectivity index (χ1v) is 8.49. The number of rotatable bonds is 2. The van der Waals surface area contributed by atoms with Crippen molar-refractivity contribution in [3.8, 4) is 0 Å². The summed E-state index contributed by atoms with van der Waals surface area (Å²) in [6, 6.07) is 0. The zero-order valence-electron chi connectivity index (χ0n) is 9.86. The molecule has 1 aliphatic heterocycles. The quantitative estimate of drug-likeness (QED) is 0.901. The van der Waals surface area contributed by atoms with E-state index in [2.05, 4.69) is 4.98 Å². The topological polar surface area (TPSA) is 74.9 Å². The van der Waals surface area contributed by atoms with Gasteiger partial charge in [-0.3, -0.25) is 4.40 Å². The Bertz CT molecular complexity index is 709. The van der Waals surface area contributed by atoms with Crippen molar-refractivity contribution in [2.45, 2.75) is 24.0 Å². The van der Waals surface area contributed by atoms with Gasteiger partial charge in [0.05, 0.1) is 6.10 Å². The summed E-state index contributed by atoms with van der Waals surface area (Å²) >= 11 is 7.28. The number of fused-ring (bicyclic) bond motifs is 1. The number of imidazole rings is 1. The number of aliphatic hydroxyl groups is 1. The number of piperidine rings is 1. The van der Waals surface area contributed by atoms with Crippen LogP contribution in [0.5, 0.6) is 0 Å². The number of β-amino-alcohol motifs (C(OH)–C–C–N with tert-alkyl or cyclic N) is 1. The Hall–Kier alpha value is -0.670. The summed E-state index contributed by atoms with van der Waals surface area (Å²) in [5.74, 6) is 0. The first-order chi connectivity index (χ1) is 9.00. The lowest BCUT2D eigenvalue weighted by molar-refractivity contribution is 0.108. The fraction of sp³-hybridized carbons (Fsp3) is 0.500. The fourth-order valence-electron chi connectivity index (χ4n) is 2.23. The number of aliphatic hydroxyl groups excluding tert-OH is 1. The largest absolute Gasteiger partial charge is 0.392 e. The molecule has 2 aromatic rings. The maximum Gasteiger partial charge on any atom is 0.262 e. The lowest BCUT2D eigenvalue weighted by Gasteiger charge is -2.28. The van der Waals surface area contributed by atoms with Gasteiger partial charge in [0.25, 0.3) is 10.0 Å². The second-order valence-electron chi connectivity index (χ2n) is 4.42. The number of aromatic nitrogens is 2. The van der Waals surface area contributed by atoms with Crippen molar-refractivity contribution < 1.29 is 13.5 Å². The van der Waals surface area contributed by atoms with Gasteiger partial charge in [-0.15, -0.1) is 11.3 Å². The summed E-state index contributed by atoms with van der Waals surface area (Å²) in [6.07, 6.45) is 2.28. The van der Waals surface area contributed by atoms with Crippen LogP contribution in [0.3, 0.4) is 0 Å². The number of hydrogen-bond donors (Lipinski definition) is 1. The average molecular weight is 322 g/mol. The molecular formula is C10H12ClN3O3S2. The molecule has 104 valence electrons. The van der Waals surface area contributed by atoms with Crippen molar-refractivity contribution in [2.24, 2.45) is 0 Å². The van der Waals surface area contributed by atoms with Gasteiger partial charge in [0.15, 0.2) is 15.1 Å². The Labute approximate surface area is 119 Å². The highest BCUT2D eigenvalue weighted by Crippen LogP contribution is 2.29. The van der Waals surface area contributed by atoms with Crippen LogP contribution in [0.4, 0.5) is 0 Å². The molecule has 3 rings (SSSR count). The summed E-state index contributed by atoms with van der Waals surface area (Å²) in [5, 5.41) is 11.3. The molecule has 19 heavy (non-hydrogen) atoms. The maximum atomic E-state index is 12.6. The van der Waals surface area contributed by atoms with Crippen molar-refractivity contribution >= 4 is 37.9 Å². The molecule has 6 nitrogen and oxygen atoms in total. The zero-order valence-corrected chi connectivity index (χ0v) is 12.2. The van der Waals surface area contributed by atoms with Crippen LogP contribution in [0, 0.1) is 0 Å². The standard InChI is InChI=1S/C10H12ClN3O3S2/c11-8-9(14-4-5-18-10(14)12-8)19(16,17)13-3-1-2-7(15)6-13/h4-5,7,15H,1-3,6H2. The third-order valence-electron chi connectivity index (χ3n) is 3.12. The van der Waals surface area contributed by atoms with Crippen LogP contribution >= 0.6 is 22.9 Å². The highest BCUT2D eigenvalue weighted by molar-refractivity contribution is 7.89. The first-order valence-electron chi connectivity index (χ1n) is 5.79. The molecule has 0 amide bonds. The number of nitrogens with zero attached hydrogens (tertiary/aromatic N) is 3. The molecule has 3 heterocycles.